The second kappa shape index (κ2) is 5.91. The molecular weight excluding hydrogens is 256 g/mol. The van der Waals surface area contributed by atoms with E-state index in [2.05, 4.69) is 19.7 Å². The molecule has 3 heterocycles. The van der Waals surface area contributed by atoms with Crippen molar-refractivity contribution in [3.8, 4) is 0 Å². The van der Waals surface area contributed by atoms with Gasteiger partial charge in [-0.1, -0.05) is 0 Å². The van der Waals surface area contributed by atoms with Crippen LogP contribution >= 0.6 is 0 Å². The monoisotopic (exact) mass is 278 g/mol. The Labute approximate surface area is 118 Å². The van der Waals surface area contributed by atoms with Gasteiger partial charge in [0.2, 0.25) is 0 Å². The van der Waals surface area contributed by atoms with Crippen LogP contribution < -0.4 is 0 Å². The first kappa shape index (κ1) is 13.5. The molecule has 0 unspecified atom stereocenters. The molecule has 2 aliphatic heterocycles. The molecule has 0 saturated carbocycles. The number of carbonyl (C=O) groups is 1. The van der Waals surface area contributed by atoms with Crippen molar-refractivity contribution in [2.24, 2.45) is 5.92 Å². The second-order valence-electron chi connectivity index (χ2n) is 5.96. The Morgan fingerprint density at radius 3 is 2.75 bits per heavy atom. The van der Waals surface area contributed by atoms with Crippen LogP contribution in [0.3, 0.4) is 0 Å². The lowest BCUT2D eigenvalue weighted by atomic mass is 9.94. The SMILES string of the molecule is O=C(O)CC1CCN(Cc2nnc3n2CCCC3)CC1. The summed E-state index contributed by atoms with van der Waals surface area (Å²) in [5.41, 5.74) is 0. The fraction of sp³-hybridized carbons (Fsp3) is 0.786. The summed E-state index contributed by atoms with van der Waals surface area (Å²) in [4.78, 5) is 13.1. The summed E-state index contributed by atoms with van der Waals surface area (Å²) in [7, 11) is 0. The molecule has 110 valence electrons. The molecule has 1 aromatic rings. The van der Waals surface area contributed by atoms with Gasteiger partial charge in [-0.25, -0.2) is 0 Å². The fourth-order valence-corrected chi connectivity index (χ4v) is 3.28. The van der Waals surface area contributed by atoms with Crippen LogP contribution in [0.4, 0.5) is 0 Å². The van der Waals surface area contributed by atoms with Crippen molar-refractivity contribution < 1.29 is 9.90 Å². The third-order valence-electron chi connectivity index (χ3n) is 4.47. The number of nitrogens with zero attached hydrogens (tertiary/aromatic N) is 4. The van der Waals surface area contributed by atoms with E-state index in [0.29, 0.717) is 12.3 Å². The van der Waals surface area contributed by atoms with Gasteiger partial charge in [0.15, 0.2) is 0 Å². The Balaban J connectivity index is 1.55. The van der Waals surface area contributed by atoms with Crippen LogP contribution in [0, 0.1) is 5.92 Å². The Morgan fingerprint density at radius 1 is 1.20 bits per heavy atom. The second-order valence-corrected chi connectivity index (χ2v) is 5.96. The van der Waals surface area contributed by atoms with Gasteiger partial charge in [-0.3, -0.25) is 9.69 Å². The molecule has 1 fully saturated rings. The maximum absolute atomic E-state index is 10.7. The van der Waals surface area contributed by atoms with Crippen LogP contribution in [-0.4, -0.2) is 43.8 Å². The highest BCUT2D eigenvalue weighted by Gasteiger charge is 2.23. The van der Waals surface area contributed by atoms with Gasteiger partial charge >= 0.3 is 5.97 Å². The number of rotatable bonds is 4. The fourth-order valence-electron chi connectivity index (χ4n) is 3.28. The van der Waals surface area contributed by atoms with E-state index in [1.165, 1.54) is 12.8 Å². The van der Waals surface area contributed by atoms with Crippen LogP contribution in [0.1, 0.15) is 43.8 Å². The molecule has 1 N–H and O–H groups in total. The number of carboxylic acids is 1. The zero-order valence-corrected chi connectivity index (χ0v) is 11.8. The van der Waals surface area contributed by atoms with E-state index in [1.54, 1.807) is 0 Å². The minimum absolute atomic E-state index is 0.314. The highest BCUT2D eigenvalue weighted by Crippen LogP contribution is 2.22. The van der Waals surface area contributed by atoms with Crippen LogP contribution in [-0.2, 0) is 24.3 Å². The standard InChI is InChI=1S/C14H22N4O2/c19-14(20)9-11-4-7-17(8-5-11)10-13-16-15-12-3-1-2-6-18(12)13/h11H,1-10H2,(H,19,20). The van der Waals surface area contributed by atoms with Gasteiger partial charge in [0.05, 0.1) is 6.54 Å². The lowest BCUT2D eigenvalue weighted by Crippen LogP contribution is -2.35. The molecule has 1 aromatic heterocycles. The molecule has 0 aromatic carbocycles. The van der Waals surface area contributed by atoms with E-state index >= 15 is 0 Å². The number of carboxylic acid groups (broad SMARTS) is 1. The van der Waals surface area contributed by atoms with Crippen molar-refractivity contribution in [2.45, 2.75) is 51.6 Å². The van der Waals surface area contributed by atoms with Crippen LogP contribution in [0.5, 0.6) is 0 Å². The number of fused-ring (bicyclic) bond motifs is 1. The van der Waals surface area contributed by atoms with Gasteiger partial charge in [0.1, 0.15) is 11.6 Å². The molecule has 6 heteroatoms. The molecule has 0 bridgehead atoms. The molecule has 2 aliphatic rings. The van der Waals surface area contributed by atoms with Gasteiger partial charge in [0, 0.05) is 19.4 Å². The number of piperidine rings is 1. The van der Waals surface area contributed by atoms with Crippen LogP contribution in [0.2, 0.25) is 0 Å². The van der Waals surface area contributed by atoms with Crippen molar-refractivity contribution in [2.75, 3.05) is 13.1 Å². The number of likely N-dealkylation sites (tertiary alicyclic amines) is 1. The van der Waals surface area contributed by atoms with Gasteiger partial charge in [-0.05, 0) is 44.7 Å². The lowest BCUT2D eigenvalue weighted by Gasteiger charge is -2.31. The maximum Gasteiger partial charge on any atom is 0.303 e. The normalized spacial score (nSPS) is 20.8. The lowest BCUT2D eigenvalue weighted by molar-refractivity contribution is -0.138. The molecule has 20 heavy (non-hydrogen) atoms. The number of aromatic nitrogens is 3. The van der Waals surface area contributed by atoms with E-state index in [-0.39, 0.29) is 0 Å². The maximum atomic E-state index is 10.7. The summed E-state index contributed by atoms with van der Waals surface area (Å²) in [6.45, 7) is 3.85. The van der Waals surface area contributed by atoms with Gasteiger partial charge in [-0.15, -0.1) is 10.2 Å². The first-order chi connectivity index (χ1) is 9.72. The summed E-state index contributed by atoms with van der Waals surface area (Å²) in [6.07, 6.45) is 5.76. The van der Waals surface area contributed by atoms with Crippen molar-refractivity contribution >= 4 is 5.97 Å². The van der Waals surface area contributed by atoms with Gasteiger partial charge < -0.3 is 9.67 Å². The summed E-state index contributed by atoms with van der Waals surface area (Å²) in [5, 5.41) is 17.5. The summed E-state index contributed by atoms with van der Waals surface area (Å²) in [6, 6.07) is 0. The van der Waals surface area contributed by atoms with Crippen molar-refractivity contribution in [1.29, 1.82) is 0 Å². The quantitative estimate of drug-likeness (QED) is 0.899. The summed E-state index contributed by atoms with van der Waals surface area (Å²) < 4.78 is 2.27. The summed E-state index contributed by atoms with van der Waals surface area (Å²) >= 11 is 0. The molecule has 0 radical (unpaired) electrons. The Bertz CT molecular complexity index is 478. The number of hydrogen-bond donors (Lipinski definition) is 1. The molecule has 6 nitrogen and oxygen atoms in total. The zero-order chi connectivity index (χ0) is 13.9. The Kier molecular flexibility index (Phi) is 4.00. The smallest absolute Gasteiger partial charge is 0.303 e. The summed E-state index contributed by atoms with van der Waals surface area (Å²) in [5.74, 6) is 1.88. The van der Waals surface area contributed by atoms with Crippen LogP contribution in [0.25, 0.3) is 0 Å². The first-order valence-corrected chi connectivity index (χ1v) is 7.57. The predicted molar refractivity (Wildman–Crippen MR) is 73.2 cm³/mol. The van der Waals surface area contributed by atoms with Gasteiger partial charge in [0.25, 0.3) is 0 Å². The van der Waals surface area contributed by atoms with Gasteiger partial charge in [-0.2, -0.15) is 0 Å². The molecule has 0 spiro atoms. The highest BCUT2D eigenvalue weighted by atomic mass is 16.4. The van der Waals surface area contributed by atoms with E-state index in [0.717, 1.165) is 57.1 Å². The van der Waals surface area contributed by atoms with E-state index < -0.39 is 5.97 Å². The average Bonchev–Trinajstić information content (AvgIpc) is 2.84. The van der Waals surface area contributed by atoms with E-state index in [9.17, 15) is 4.79 Å². The van der Waals surface area contributed by atoms with Crippen LogP contribution in [0.15, 0.2) is 0 Å². The molecule has 0 atom stereocenters. The molecular formula is C14H22N4O2. The zero-order valence-electron chi connectivity index (χ0n) is 11.8. The number of aryl methyl sites for hydroxylation is 1. The topological polar surface area (TPSA) is 71.2 Å². The Hall–Kier alpha value is -1.43. The molecule has 3 rings (SSSR count). The third-order valence-corrected chi connectivity index (χ3v) is 4.47. The third kappa shape index (κ3) is 3.00. The number of hydrogen-bond acceptors (Lipinski definition) is 4. The minimum atomic E-state index is -0.671. The highest BCUT2D eigenvalue weighted by molar-refractivity contribution is 5.67. The average molecular weight is 278 g/mol. The van der Waals surface area contributed by atoms with Crippen molar-refractivity contribution in [3.05, 3.63) is 11.6 Å². The molecule has 1 saturated heterocycles. The largest absolute Gasteiger partial charge is 0.481 e. The minimum Gasteiger partial charge on any atom is -0.481 e. The Morgan fingerprint density at radius 2 is 2.00 bits per heavy atom. The number of aliphatic carboxylic acids is 1. The molecule has 0 amide bonds. The van der Waals surface area contributed by atoms with E-state index in [1.807, 2.05) is 0 Å². The first-order valence-electron chi connectivity index (χ1n) is 7.57. The van der Waals surface area contributed by atoms with Crippen molar-refractivity contribution in [3.63, 3.8) is 0 Å². The van der Waals surface area contributed by atoms with E-state index in [4.69, 9.17) is 5.11 Å². The predicted octanol–water partition coefficient (Wildman–Crippen LogP) is 1.30. The molecule has 0 aliphatic carbocycles. The van der Waals surface area contributed by atoms with Crippen molar-refractivity contribution in [1.82, 2.24) is 19.7 Å².